The highest BCUT2D eigenvalue weighted by Gasteiger charge is 2.33. The Morgan fingerprint density at radius 3 is 2.58 bits per heavy atom. The standard InChI is InChI=1S/C12H15F3N2O2/c1-8(7-18)6-16-11(19)17-10-5-3-2-4-9(10)12(13,14)15/h2-5,8,18H,6-7H2,1H3,(H2,16,17,19). The van der Waals surface area contributed by atoms with Gasteiger partial charge in [0, 0.05) is 13.2 Å². The number of benzene rings is 1. The minimum absolute atomic E-state index is 0.112. The summed E-state index contributed by atoms with van der Waals surface area (Å²) in [6.45, 7) is 1.76. The van der Waals surface area contributed by atoms with Crippen molar-refractivity contribution in [2.45, 2.75) is 13.1 Å². The van der Waals surface area contributed by atoms with Crippen molar-refractivity contribution in [2.24, 2.45) is 5.92 Å². The minimum Gasteiger partial charge on any atom is -0.396 e. The summed E-state index contributed by atoms with van der Waals surface area (Å²) in [7, 11) is 0. The van der Waals surface area contributed by atoms with Gasteiger partial charge in [-0.15, -0.1) is 0 Å². The van der Waals surface area contributed by atoms with Gasteiger partial charge in [-0.2, -0.15) is 13.2 Å². The summed E-state index contributed by atoms with van der Waals surface area (Å²) < 4.78 is 38.0. The van der Waals surface area contributed by atoms with E-state index in [2.05, 4.69) is 10.6 Å². The van der Waals surface area contributed by atoms with E-state index in [1.54, 1.807) is 6.92 Å². The molecule has 4 nitrogen and oxygen atoms in total. The number of hydrogen-bond acceptors (Lipinski definition) is 2. The third-order valence-corrected chi connectivity index (χ3v) is 2.40. The number of aliphatic hydroxyl groups is 1. The molecule has 1 aromatic rings. The third-order valence-electron chi connectivity index (χ3n) is 2.40. The van der Waals surface area contributed by atoms with Crippen LogP contribution in [0.1, 0.15) is 12.5 Å². The quantitative estimate of drug-likeness (QED) is 0.791. The Bertz CT molecular complexity index is 435. The Morgan fingerprint density at radius 2 is 2.00 bits per heavy atom. The van der Waals surface area contributed by atoms with Gasteiger partial charge in [0.25, 0.3) is 0 Å². The molecule has 0 aromatic heterocycles. The van der Waals surface area contributed by atoms with Crippen molar-refractivity contribution >= 4 is 11.7 Å². The molecule has 0 radical (unpaired) electrons. The first kappa shape index (κ1) is 15.3. The van der Waals surface area contributed by atoms with E-state index in [4.69, 9.17) is 5.11 Å². The van der Waals surface area contributed by atoms with Crippen molar-refractivity contribution in [3.05, 3.63) is 29.8 Å². The summed E-state index contributed by atoms with van der Waals surface area (Å²) in [5.74, 6) is -0.163. The molecule has 0 spiro atoms. The van der Waals surface area contributed by atoms with Gasteiger partial charge in [-0.25, -0.2) is 4.79 Å². The van der Waals surface area contributed by atoms with Crippen LogP contribution in [0.3, 0.4) is 0 Å². The van der Waals surface area contributed by atoms with E-state index in [0.717, 1.165) is 6.07 Å². The van der Waals surface area contributed by atoms with Crippen molar-refractivity contribution in [3.8, 4) is 0 Å². The molecule has 1 atom stereocenters. The number of para-hydroxylation sites is 1. The minimum atomic E-state index is -4.53. The van der Waals surface area contributed by atoms with Gasteiger partial charge in [0.2, 0.25) is 0 Å². The Kier molecular flexibility index (Phi) is 5.17. The number of amides is 2. The van der Waals surface area contributed by atoms with Gasteiger partial charge < -0.3 is 15.7 Å². The van der Waals surface area contributed by atoms with Crippen LogP contribution < -0.4 is 10.6 Å². The molecule has 0 aliphatic rings. The number of halogens is 3. The smallest absolute Gasteiger partial charge is 0.396 e. The predicted octanol–water partition coefficient (Wildman–Crippen LogP) is 2.46. The van der Waals surface area contributed by atoms with Crippen LogP contribution in [0.2, 0.25) is 0 Å². The van der Waals surface area contributed by atoms with Crippen LogP contribution in [0.4, 0.5) is 23.7 Å². The van der Waals surface area contributed by atoms with Gasteiger partial charge in [0.1, 0.15) is 0 Å². The second-order valence-corrected chi connectivity index (χ2v) is 4.17. The Hall–Kier alpha value is -1.76. The lowest BCUT2D eigenvalue weighted by molar-refractivity contribution is -0.136. The van der Waals surface area contributed by atoms with E-state index in [9.17, 15) is 18.0 Å². The number of carbonyl (C=O) groups is 1. The van der Waals surface area contributed by atoms with Gasteiger partial charge in [-0.3, -0.25) is 0 Å². The zero-order valence-corrected chi connectivity index (χ0v) is 10.3. The first-order chi connectivity index (χ1) is 8.84. The molecule has 0 fully saturated rings. The Morgan fingerprint density at radius 1 is 1.37 bits per heavy atom. The molecule has 0 bridgehead atoms. The van der Waals surface area contributed by atoms with Crippen LogP contribution in [0.5, 0.6) is 0 Å². The average molecular weight is 276 g/mol. The first-order valence-electron chi connectivity index (χ1n) is 5.66. The van der Waals surface area contributed by atoms with E-state index in [0.29, 0.717) is 0 Å². The lowest BCUT2D eigenvalue weighted by Gasteiger charge is -2.15. The zero-order valence-electron chi connectivity index (χ0n) is 10.3. The number of alkyl halides is 3. The fourth-order valence-electron chi connectivity index (χ4n) is 1.34. The lowest BCUT2D eigenvalue weighted by Crippen LogP contribution is -2.33. The van der Waals surface area contributed by atoms with Crippen molar-refractivity contribution in [3.63, 3.8) is 0 Å². The van der Waals surface area contributed by atoms with Crippen LogP contribution in [0.15, 0.2) is 24.3 Å². The number of rotatable bonds is 4. The van der Waals surface area contributed by atoms with Crippen LogP contribution in [-0.2, 0) is 6.18 Å². The summed E-state index contributed by atoms with van der Waals surface area (Å²) in [4.78, 5) is 11.4. The molecule has 0 heterocycles. The number of aliphatic hydroxyl groups excluding tert-OH is 1. The Balaban J connectivity index is 2.70. The summed E-state index contributed by atoms with van der Waals surface area (Å²) in [6, 6.07) is 3.99. The predicted molar refractivity (Wildman–Crippen MR) is 64.7 cm³/mol. The third kappa shape index (κ3) is 4.78. The van der Waals surface area contributed by atoms with E-state index in [1.165, 1.54) is 18.2 Å². The average Bonchev–Trinajstić information content (AvgIpc) is 2.35. The van der Waals surface area contributed by atoms with E-state index >= 15 is 0 Å². The largest absolute Gasteiger partial charge is 0.418 e. The van der Waals surface area contributed by atoms with Crippen LogP contribution in [-0.4, -0.2) is 24.3 Å². The second-order valence-electron chi connectivity index (χ2n) is 4.17. The monoisotopic (exact) mass is 276 g/mol. The number of hydrogen-bond donors (Lipinski definition) is 3. The number of nitrogens with one attached hydrogen (secondary N) is 2. The summed E-state index contributed by atoms with van der Waals surface area (Å²) in [5.41, 5.74) is -1.20. The Labute approximate surface area is 108 Å². The highest BCUT2D eigenvalue weighted by Crippen LogP contribution is 2.34. The van der Waals surface area contributed by atoms with E-state index in [1.807, 2.05) is 0 Å². The highest BCUT2D eigenvalue weighted by molar-refractivity contribution is 5.90. The molecule has 19 heavy (non-hydrogen) atoms. The molecule has 0 aliphatic heterocycles. The normalized spacial score (nSPS) is 12.9. The molecule has 7 heteroatoms. The van der Waals surface area contributed by atoms with Crippen LogP contribution >= 0.6 is 0 Å². The van der Waals surface area contributed by atoms with Crippen LogP contribution in [0.25, 0.3) is 0 Å². The molecule has 106 valence electrons. The van der Waals surface area contributed by atoms with Crippen molar-refractivity contribution in [1.82, 2.24) is 5.32 Å². The lowest BCUT2D eigenvalue weighted by atomic mass is 10.1. The van der Waals surface area contributed by atoms with Crippen molar-refractivity contribution in [2.75, 3.05) is 18.5 Å². The zero-order chi connectivity index (χ0) is 14.5. The van der Waals surface area contributed by atoms with Gasteiger partial charge in [0.15, 0.2) is 0 Å². The molecule has 3 N–H and O–H groups in total. The van der Waals surface area contributed by atoms with Gasteiger partial charge >= 0.3 is 12.2 Å². The summed E-state index contributed by atoms with van der Waals surface area (Å²) in [6.07, 6.45) is -4.53. The maximum Gasteiger partial charge on any atom is 0.418 e. The molecule has 2 amide bonds. The van der Waals surface area contributed by atoms with Gasteiger partial charge in [0.05, 0.1) is 11.3 Å². The maximum atomic E-state index is 12.7. The van der Waals surface area contributed by atoms with Crippen LogP contribution in [0, 0.1) is 5.92 Å². The number of anilines is 1. The molecular formula is C12H15F3N2O2. The van der Waals surface area contributed by atoms with Crippen molar-refractivity contribution in [1.29, 1.82) is 0 Å². The topological polar surface area (TPSA) is 61.4 Å². The molecule has 1 unspecified atom stereocenters. The molecule has 0 saturated carbocycles. The molecule has 0 saturated heterocycles. The molecular weight excluding hydrogens is 261 g/mol. The summed E-state index contributed by atoms with van der Waals surface area (Å²) >= 11 is 0. The maximum absolute atomic E-state index is 12.7. The van der Waals surface area contributed by atoms with E-state index in [-0.39, 0.29) is 24.8 Å². The van der Waals surface area contributed by atoms with Gasteiger partial charge in [-0.05, 0) is 18.1 Å². The second kappa shape index (κ2) is 6.42. The van der Waals surface area contributed by atoms with E-state index < -0.39 is 17.8 Å². The fourth-order valence-corrected chi connectivity index (χ4v) is 1.34. The molecule has 1 aromatic carbocycles. The SMILES string of the molecule is CC(CO)CNC(=O)Nc1ccccc1C(F)(F)F. The summed E-state index contributed by atoms with van der Waals surface area (Å²) in [5, 5.41) is 13.3. The fraction of sp³-hybridized carbons (Fsp3) is 0.417. The number of urea groups is 1. The van der Waals surface area contributed by atoms with Gasteiger partial charge in [-0.1, -0.05) is 19.1 Å². The molecule has 0 aliphatic carbocycles. The number of carbonyl (C=O) groups excluding carboxylic acids is 1. The highest BCUT2D eigenvalue weighted by atomic mass is 19.4. The molecule has 1 rings (SSSR count). The first-order valence-corrected chi connectivity index (χ1v) is 5.66. The van der Waals surface area contributed by atoms with Crippen molar-refractivity contribution < 1.29 is 23.1 Å².